The number of carbonyl (C=O) groups is 1. The molecule has 4 atom stereocenters. The Bertz CT molecular complexity index is 1300. The highest BCUT2D eigenvalue weighted by molar-refractivity contribution is 6.30. The van der Waals surface area contributed by atoms with Crippen LogP contribution in [0.25, 0.3) is 0 Å². The van der Waals surface area contributed by atoms with E-state index in [0.717, 1.165) is 30.9 Å². The molecule has 3 aromatic rings. The first-order valence-corrected chi connectivity index (χ1v) is 13.2. The normalized spacial score (nSPS) is 21.9. The monoisotopic (exact) mass is 561 g/mol. The van der Waals surface area contributed by atoms with Crippen LogP contribution in [0.4, 0.5) is 22.4 Å². The highest BCUT2D eigenvalue weighted by atomic mass is 35.5. The number of pyridine rings is 1. The second kappa shape index (κ2) is 11.0. The van der Waals surface area contributed by atoms with E-state index in [1.165, 1.54) is 24.8 Å². The third-order valence-electron chi connectivity index (χ3n) is 7.69. The van der Waals surface area contributed by atoms with Crippen molar-refractivity contribution >= 4 is 17.6 Å². The molecule has 2 aliphatic carbocycles. The van der Waals surface area contributed by atoms with E-state index in [1.54, 1.807) is 18.2 Å². The summed E-state index contributed by atoms with van der Waals surface area (Å²) < 4.78 is 57.8. The van der Waals surface area contributed by atoms with E-state index >= 15 is 0 Å². The van der Waals surface area contributed by atoms with Gasteiger partial charge in [0, 0.05) is 18.7 Å². The lowest BCUT2D eigenvalue weighted by Gasteiger charge is -2.36. The van der Waals surface area contributed by atoms with Crippen LogP contribution in [0, 0.1) is 11.8 Å². The van der Waals surface area contributed by atoms with Gasteiger partial charge in [0.25, 0.3) is 0 Å². The molecule has 39 heavy (non-hydrogen) atoms. The van der Waals surface area contributed by atoms with Gasteiger partial charge in [-0.2, -0.15) is 17.6 Å². The van der Waals surface area contributed by atoms with Crippen LogP contribution in [0.3, 0.4) is 0 Å². The van der Waals surface area contributed by atoms with E-state index in [-0.39, 0.29) is 12.5 Å². The number of ether oxygens (including phenoxy) is 1. The Morgan fingerprint density at radius 2 is 1.85 bits per heavy atom. The third-order valence-corrected chi connectivity index (χ3v) is 7.92. The van der Waals surface area contributed by atoms with Gasteiger partial charge >= 0.3 is 18.6 Å². The maximum absolute atomic E-state index is 13.8. The molecule has 2 bridgehead atoms. The Labute approximate surface area is 228 Å². The minimum Gasteiger partial charge on any atom is -0.428 e. The van der Waals surface area contributed by atoms with Crippen molar-refractivity contribution in [3.8, 4) is 5.75 Å². The first-order chi connectivity index (χ1) is 18.6. The van der Waals surface area contributed by atoms with Crippen molar-refractivity contribution in [2.45, 2.75) is 56.2 Å². The molecule has 2 saturated carbocycles. The highest BCUT2D eigenvalue weighted by Crippen LogP contribution is 2.44. The van der Waals surface area contributed by atoms with E-state index in [2.05, 4.69) is 20.4 Å². The number of carbonyl (C=O) groups excluding carboxylic acids is 1. The lowest BCUT2D eigenvalue weighted by Crippen LogP contribution is -2.55. The fourth-order valence-corrected chi connectivity index (χ4v) is 6.01. The Hall–Kier alpha value is -3.33. The first-order valence-electron chi connectivity index (χ1n) is 12.8. The van der Waals surface area contributed by atoms with Gasteiger partial charge in [-0.25, -0.2) is 4.79 Å². The van der Waals surface area contributed by atoms with E-state index < -0.39 is 29.9 Å². The Kier molecular flexibility index (Phi) is 7.71. The number of urea groups is 1. The molecular weight excluding hydrogens is 534 g/mol. The molecule has 5 nitrogen and oxygen atoms in total. The van der Waals surface area contributed by atoms with Crippen molar-refractivity contribution in [2.75, 3.05) is 0 Å². The van der Waals surface area contributed by atoms with Gasteiger partial charge < -0.3 is 15.4 Å². The van der Waals surface area contributed by atoms with Gasteiger partial charge in [-0.1, -0.05) is 60.5 Å². The van der Waals surface area contributed by atoms with Crippen LogP contribution in [0.5, 0.6) is 5.75 Å². The smallest absolute Gasteiger partial charge is 0.428 e. The van der Waals surface area contributed by atoms with Crippen LogP contribution in [0.1, 0.15) is 42.5 Å². The second-order valence-corrected chi connectivity index (χ2v) is 10.7. The molecule has 0 unspecified atom stereocenters. The summed E-state index contributed by atoms with van der Waals surface area (Å²) in [5, 5.41) is 6.57. The first kappa shape index (κ1) is 27.2. The number of halogens is 5. The average Bonchev–Trinajstić information content (AvgIpc) is 3.52. The zero-order chi connectivity index (χ0) is 27.6. The van der Waals surface area contributed by atoms with Crippen molar-refractivity contribution in [1.29, 1.82) is 0 Å². The minimum absolute atomic E-state index is 0.0377. The summed E-state index contributed by atoms with van der Waals surface area (Å²) in [5.41, 5.74) is 0.148. The van der Waals surface area contributed by atoms with E-state index in [1.807, 2.05) is 30.3 Å². The Morgan fingerprint density at radius 1 is 1.05 bits per heavy atom. The number of amides is 2. The van der Waals surface area contributed by atoms with Crippen molar-refractivity contribution < 1.29 is 27.1 Å². The molecule has 2 amide bonds. The molecule has 0 aliphatic heterocycles. The molecule has 10 heteroatoms. The number of benzene rings is 2. The number of nitrogens with zero attached hydrogens (tertiary/aromatic N) is 1. The van der Waals surface area contributed by atoms with E-state index in [9.17, 15) is 22.4 Å². The van der Waals surface area contributed by atoms with Gasteiger partial charge in [-0.05, 0) is 66.5 Å². The predicted octanol–water partition coefficient (Wildman–Crippen LogP) is 6.95. The molecule has 206 valence electrons. The number of hydrogen-bond donors (Lipinski definition) is 2. The number of alkyl halides is 4. The van der Waals surface area contributed by atoms with Gasteiger partial charge in [0.1, 0.15) is 11.3 Å². The highest BCUT2D eigenvalue weighted by Gasteiger charge is 2.45. The molecule has 0 radical (unpaired) electrons. The van der Waals surface area contributed by atoms with Crippen LogP contribution in [0.2, 0.25) is 5.02 Å². The van der Waals surface area contributed by atoms with Crippen LogP contribution in [-0.4, -0.2) is 29.6 Å². The summed E-state index contributed by atoms with van der Waals surface area (Å²) in [4.78, 5) is 18.1. The summed E-state index contributed by atoms with van der Waals surface area (Å²) in [5.74, 6) is 0.559. The molecule has 1 heterocycles. The van der Waals surface area contributed by atoms with Gasteiger partial charge in [0.05, 0.1) is 10.7 Å². The van der Waals surface area contributed by atoms with Crippen LogP contribution >= 0.6 is 11.6 Å². The van der Waals surface area contributed by atoms with Crippen molar-refractivity contribution in [2.24, 2.45) is 11.8 Å². The molecule has 2 aromatic carbocycles. The molecular formula is C29H28ClF4N3O2. The number of rotatable bonds is 9. The average molecular weight is 562 g/mol. The van der Waals surface area contributed by atoms with Crippen LogP contribution in [0.15, 0.2) is 72.9 Å². The Balaban J connectivity index is 1.57. The zero-order valence-corrected chi connectivity index (χ0v) is 21.7. The maximum Gasteiger partial charge on any atom is 0.461 e. The number of nitrogens with one attached hydrogen (secondary N) is 2. The summed E-state index contributed by atoms with van der Waals surface area (Å²) in [6.45, 7) is 0. The number of aromatic nitrogens is 1. The summed E-state index contributed by atoms with van der Waals surface area (Å²) in [7, 11) is 0. The fourth-order valence-electron chi connectivity index (χ4n) is 5.90. The molecule has 2 N–H and O–H groups in total. The fraction of sp³-hybridized carbons (Fsp3) is 0.379. The van der Waals surface area contributed by atoms with Gasteiger partial charge in [-0.15, -0.1) is 0 Å². The molecule has 2 aliphatic rings. The molecule has 0 saturated heterocycles. The summed E-state index contributed by atoms with van der Waals surface area (Å²) >= 11 is 6.11. The summed E-state index contributed by atoms with van der Waals surface area (Å²) in [6.07, 6.45) is -2.84. The lowest BCUT2D eigenvalue weighted by atomic mass is 9.80. The van der Waals surface area contributed by atoms with Gasteiger partial charge in [-0.3, -0.25) is 4.98 Å². The number of fused-ring (bicyclic) bond motifs is 2. The van der Waals surface area contributed by atoms with Crippen LogP contribution < -0.4 is 15.4 Å². The van der Waals surface area contributed by atoms with E-state index in [4.69, 9.17) is 11.6 Å². The number of hydrogen-bond acceptors (Lipinski definition) is 3. The zero-order valence-electron chi connectivity index (χ0n) is 20.9. The molecule has 1 aromatic heterocycles. The van der Waals surface area contributed by atoms with Crippen molar-refractivity contribution in [3.05, 3.63) is 94.8 Å². The lowest BCUT2D eigenvalue weighted by molar-refractivity contribution is -0.253. The molecule has 0 spiro atoms. The SMILES string of the molecule is O=C(N[C@H]1C[C@H]2CC[C@@H]1C2)N[C@@](Cc1ccccc1)(c1cccc(OC(F)(F)C(F)F)c1)c1ccc(Cl)cn1. The maximum atomic E-state index is 13.8. The van der Waals surface area contributed by atoms with Gasteiger partial charge in [0.2, 0.25) is 0 Å². The third kappa shape index (κ3) is 5.98. The van der Waals surface area contributed by atoms with E-state index in [0.29, 0.717) is 28.1 Å². The Morgan fingerprint density at radius 3 is 2.49 bits per heavy atom. The largest absolute Gasteiger partial charge is 0.461 e. The summed E-state index contributed by atoms with van der Waals surface area (Å²) in [6, 6.07) is 17.5. The van der Waals surface area contributed by atoms with Gasteiger partial charge in [0.15, 0.2) is 0 Å². The van der Waals surface area contributed by atoms with Crippen molar-refractivity contribution in [1.82, 2.24) is 15.6 Å². The minimum atomic E-state index is -4.69. The molecule has 5 rings (SSSR count). The predicted molar refractivity (Wildman–Crippen MR) is 139 cm³/mol. The standard InChI is InChI=1S/C29H28ClF4N3O2/c30-22-11-12-25(35-17-22)28(16-18-5-2-1-3-6-18,37-27(38)36-24-14-19-9-10-20(24)13-19)21-7-4-8-23(15-21)39-29(33,34)26(31)32/h1-8,11-12,15,17,19-20,24,26H,9-10,13-14,16H2,(H2,36,37,38)/t19-,20+,24-,28-/m0/s1. The quantitative estimate of drug-likeness (QED) is 0.278. The van der Waals surface area contributed by atoms with Crippen molar-refractivity contribution in [3.63, 3.8) is 0 Å². The second-order valence-electron chi connectivity index (χ2n) is 10.3. The molecule has 2 fully saturated rings. The van der Waals surface area contributed by atoms with Crippen LogP contribution in [-0.2, 0) is 12.0 Å². The topological polar surface area (TPSA) is 63.2 Å².